The van der Waals surface area contributed by atoms with Crippen LogP contribution in [0.1, 0.15) is 68.6 Å². The average molecular weight is 278 g/mol. The molecule has 0 spiro atoms. The molecule has 0 aromatic carbocycles. The molecule has 0 saturated carbocycles. The van der Waals surface area contributed by atoms with Crippen molar-refractivity contribution in [2.24, 2.45) is 0 Å². The highest BCUT2D eigenvalue weighted by molar-refractivity contribution is 5.97. The Morgan fingerprint density at radius 1 is 1.40 bits per heavy atom. The van der Waals surface area contributed by atoms with Gasteiger partial charge in [0.15, 0.2) is 5.69 Å². The number of likely N-dealkylation sites (tertiary alicyclic amines) is 1. The van der Waals surface area contributed by atoms with E-state index in [1.807, 2.05) is 4.90 Å². The van der Waals surface area contributed by atoms with Crippen LogP contribution in [0.2, 0.25) is 0 Å². The molecule has 1 aliphatic rings. The van der Waals surface area contributed by atoms with Crippen LogP contribution in [0.15, 0.2) is 0 Å². The van der Waals surface area contributed by atoms with Gasteiger partial charge in [0.2, 0.25) is 0 Å². The van der Waals surface area contributed by atoms with Crippen molar-refractivity contribution in [3.8, 4) is 0 Å². The number of aryl methyl sites for hydroxylation is 1. The maximum atomic E-state index is 12.7. The molecule has 1 aromatic heterocycles. The highest BCUT2D eigenvalue weighted by atomic mass is 16.2. The van der Waals surface area contributed by atoms with Gasteiger partial charge in [-0.15, -0.1) is 0 Å². The van der Waals surface area contributed by atoms with Gasteiger partial charge in [-0.3, -0.25) is 9.89 Å². The van der Waals surface area contributed by atoms with E-state index in [4.69, 9.17) is 5.73 Å². The zero-order valence-corrected chi connectivity index (χ0v) is 12.6. The number of carbonyl (C=O) groups excluding carboxylic acids is 1. The first-order chi connectivity index (χ1) is 9.69. The minimum atomic E-state index is -0.000692. The normalized spacial score (nSPS) is 19.3. The molecular weight excluding hydrogens is 252 g/mol. The maximum absolute atomic E-state index is 12.7. The van der Waals surface area contributed by atoms with E-state index in [2.05, 4.69) is 24.0 Å². The fraction of sp³-hybridized carbons (Fsp3) is 0.733. The zero-order chi connectivity index (χ0) is 14.5. The topological polar surface area (TPSA) is 75.0 Å². The van der Waals surface area contributed by atoms with Crippen LogP contribution in [0.5, 0.6) is 0 Å². The standard InChI is InChI=1S/C15H26N4O/c1-3-7-11-9-5-6-10-19(11)15(20)14-13(16)12(8-4-2)17-18-14/h11H,3-10,16H2,1-2H3,(H,17,18). The molecule has 2 heterocycles. The Bertz CT molecular complexity index is 453. The number of anilines is 1. The molecule has 1 fully saturated rings. The number of nitrogens with zero attached hydrogens (tertiary/aromatic N) is 2. The van der Waals surface area contributed by atoms with Gasteiger partial charge in [-0.2, -0.15) is 5.10 Å². The molecule has 1 aromatic rings. The quantitative estimate of drug-likeness (QED) is 0.869. The molecule has 20 heavy (non-hydrogen) atoms. The summed E-state index contributed by atoms with van der Waals surface area (Å²) in [7, 11) is 0. The van der Waals surface area contributed by atoms with Gasteiger partial charge in [0, 0.05) is 12.6 Å². The fourth-order valence-corrected chi connectivity index (χ4v) is 3.03. The number of piperidine rings is 1. The highest BCUT2D eigenvalue weighted by Crippen LogP contribution is 2.25. The van der Waals surface area contributed by atoms with Crippen molar-refractivity contribution < 1.29 is 4.79 Å². The summed E-state index contributed by atoms with van der Waals surface area (Å²) >= 11 is 0. The third kappa shape index (κ3) is 2.97. The Morgan fingerprint density at radius 2 is 2.20 bits per heavy atom. The average Bonchev–Trinajstić information content (AvgIpc) is 2.81. The summed E-state index contributed by atoms with van der Waals surface area (Å²) < 4.78 is 0. The summed E-state index contributed by atoms with van der Waals surface area (Å²) in [6, 6.07) is 0.354. The van der Waals surface area contributed by atoms with Crippen molar-refractivity contribution in [2.45, 2.75) is 64.8 Å². The van der Waals surface area contributed by atoms with Crippen molar-refractivity contribution in [3.05, 3.63) is 11.4 Å². The molecule has 1 amide bonds. The van der Waals surface area contributed by atoms with Crippen molar-refractivity contribution in [1.29, 1.82) is 0 Å². The van der Waals surface area contributed by atoms with E-state index >= 15 is 0 Å². The van der Waals surface area contributed by atoms with E-state index in [9.17, 15) is 4.79 Å². The summed E-state index contributed by atoms with van der Waals surface area (Å²) in [5.41, 5.74) is 7.92. The molecule has 5 heteroatoms. The smallest absolute Gasteiger partial charge is 0.276 e. The van der Waals surface area contributed by atoms with Crippen LogP contribution < -0.4 is 5.73 Å². The van der Waals surface area contributed by atoms with E-state index in [0.29, 0.717) is 17.4 Å². The molecule has 2 rings (SSSR count). The minimum absolute atomic E-state index is 0.000692. The summed E-state index contributed by atoms with van der Waals surface area (Å²) in [6.45, 7) is 5.09. The third-order valence-corrected chi connectivity index (χ3v) is 4.10. The van der Waals surface area contributed by atoms with E-state index in [1.165, 1.54) is 6.42 Å². The number of aromatic nitrogens is 2. The number of nitrogen functional groups attached to an aromatic ring is 1. The van der Waals surface area contributed by atoms with Crippen molar-refractivity contribution in [3.63, 3.8) is 0 Å². The fourth-order valence-electron chi connectivity index (χ4n) is 3.03. The number of nitrogens with two attached hydrogens (primary N) is 1. The second-order valence-electron chi connectivity index (χ2n) is 5.65. The number of aromatic amines is 1. The number of amides is 1. The summed E-state index contributed by atoms with van der Waals surface area (Å²) in [5.74, 6) is -0.000692. The highest BCUT2D eigenvalue weighted by Gasteiger charge is 2.29. The van der Waals surface area contributed by atoms with Gasteiger partial charge in [-0.05, 0) is 32.1 Å². The van der Waals surface area contributed by atoms with Crippen LogP contribution in [0.25, 0.3) is 0 Å². The Kier molecular flexibility index (Phi) is 5.04. The van der Waals surface area contributed by atoms with E-state index in [1.54, 1.807) is 0 Å². The maximum Gasteiger partial charge on any atom is 0.276 e. The Hall–Kier alpha value is -1.52. The van der Waals surface area contributed by atoms with Gasteiger partial charge in [0.05, 0.1) is 11.4 Å². The molecule has 3 N–H and O–H groups in total. The van der Waals surface area contributed by atoms with Crippen LogP contribution in [0, 0.1) is 0 Å². The van der Waals surface area contributed by atoms with Gasteiger partial charge in [0.25, 0.3) is 5.91 Å². The first-order valence-electron chi connectivity index (χ1n) is 7.82. The number of hydrogen-bond acceptors (Lipinski definition) is 3. The van der Waals surface area contributed by atoms with Crippen LogP contribution in [0.4, 0.5) is 5.69 Å². The molecule has 112 valence electrons. The molecular formula is C15H26N4O. The molecule has 0 bridgehead atoms. The number of rotatable bonds is 5. The molecule has 0 aliphatic carbocycles. The van der Waals surface area contributed by atoms with Crippen molar-refractivity contribution in [1.82, 2.24) is 15.1 Å². The van der Waals surface area contributed by atoms with Gasteiger partial charge in [-0.25, -0.2) is 0 Å². The lowest BCUT2D eigenvalue weighted by Gasteiger charge is -2.35. The second kappa shape index (κ2) is 6.77. The molecule has 1 aliphatic heterocycles. The molecule has 0 radical (unpaired) electrons. The van der Waals surface area contributed by atoms with Crippen LogP contribution in [-0.4, -0.2) is 33.6 Å². The zero-order valence-electron chi connectivity index (χ0n) is 12.6. The van der Waals surface area contributed by atoms with E-state index in [-0.39, 0.29) is 5.91 Å². The van der Waals surface area contributed by atoms with Gasteiger partial charge in [-0.1, -0.05) is 26.7 Å². The van der Waals surface area contributed by atoms with Crippen LogP contribution >= 0.6 is 0 Å². The summed E-state index contributed by atoms with van der Waals surface area (Å²) in [5, 5.41) is 7.08. The predicted octanol–water partition coefficient (Wildman–Crippen LogP) is 2.74. The molecule has 5 nitrogen and oxygen atoms in total. The monoisotopic (exact) mass is 278 g/mol. The van der Waals surface area contributed by atoms with Crippen LogP contribution in [-0.2, 0) is 6.42 Å². The lowest BCUT2D eigenvalue weighted by atomic mass is 9.97. The van der Waals surface area contributed by atoms with E-state index in [0.717, 1.165) is 50.8 Å². The van der Waals surface area contributed by atoms with Gasteiger partial charge < -0.3 is 10.6 Å². The minimum Gasteiger partial charge on any atom is -0.395 e. The summed E-state index contributed by atoms with van der Waals surface area (Å²) in [6.07, 6.45) is 7.39. The van der Waals surface area contributed by atoms with E-state index < -0.39 is 0 Å². The molecule has 1 saturated heterocycles. The number of carbonyl (C=O) groups is 1. The predicted molar refractivity (Wildman–Crippen MR) is 80.6 cm³/mol. The lowest BCUT2D eigenvalue weighted by Crippen LogP contribution is -2.44. The lowest BCUT2D eigenvalue weighted by molar-refractivity contribution is 0.0595. The van der Waals surface area contributed by atoms with Crippen LogP contribution in [0.3, 0.4) is 0 Å². The number of H-pyrrole nitrogens is 1. The van der Waals surface area contributed by atoms with Gasteiger partial charge >= 0.3 is 0 Å². The largest absolute Gasteiger partial charge is 0.395 e. The molecule has 1 atom stereocenters. The van der Waals surface area contributed by atoms with Gasteiger partial charge in [0.1, 0.15) is 0 Å². The molecule has 1 unspecified atom stereocenters. The second-order valence-corrected chi connectivity index (χ2v) is 5.65. The van der Waals surface area contributed by atoms with Crippen molar-refractivity contribution in [2.75, 3.05) is 12.3 Å². The Labute approximate surface area is 120 Å². The van der Waals surface area contributed by atoms with Crippen molar-refractivity contribution >= 4 is 11.6 Å². The third-order valence-electron chi connectivity index (χ3n) is 4.10. The first kappa shape index (κ1) is 14.9. The SMILES string of the molecule is CCCc1[nH]nc(C(=O)N2CCCCC2CCC)c1N. The Morgan fingerprint density at radius 3 is 2.90 bits per heavy atom. The number of hydrogen-bond donors (Lipinski definition) is 2. The Balaban J connectivity index is 2.16. The first-order valence-corrected chi connectivity index (χ1v) is 7.82. The summed E-state index contributed by atoms with van der Waals surface area (Å²) in [4.78, 5) is 14.7. The number of nitrogens with one attached hydrogen (secondary N) is 1.